The Labute approximate surface area is 414 Å². The van der Waals surface area contributed by atoms with E-state index in [2.05, 4.69) is 171 Å². The summed E-state index contributed by atoms with van der Waals surface area (Å²) in [5, 5.41) is 16.2. The molecule has 0 atom stereocenters. The van der Waals surface area contributed by atoms with Gasteiger partial charge in [-0.25, -0.2) is 16.8 Å². The van der Waals surface area contributed by atoms with Crippen LogP contribution in [0.2, 0.25) is 0 Å². The third-order valence-corrected chi connectivity index (χ3v) is 13.3. The molecule has 0 spiro atoms. The van der Waals surface area contributed by atoms with Crippen LogP contribution < -0.4 is 11.5 Å². The second kappa shape index (κ2) is 28.4. The molecule has 12 heteroatoms. The molecular weight excluding hydrogens is 917 g/mol. The predicted octanol–water partition coefficient (Wildman–Crippen LogP) is 9.43. The van der Waals surface area contributed by atoms with Crippen molar-refractivity contribution >= 4 is 31.0 Å². The molecule has 8 aromatic carbocycles. The highest BCUT2D eigenvalue weighted by Crippen LogP contribution is 2.33. The van der Waals surface area contributed by atoms with Crippen LogP contribution >= 0.6 is 0 Å². The maximum atomic E-state index is 11.0. The van der Waals surface area contributed by atoms with E-state index in [1.165, 1.54) is 70.5 Å². The van der Waals surface area contributed by atoms with Crippen molar-refractivity contribution in [2.75, 3.05) is 13.2 Å². The minimum Gasteiger partial charge on any atom is -0.744 e. The third kappa shape index (κ3) is 15.9. The van der Waals surface area contributed by atoms with Gasteiger partial charge in [0.25, 0.3) is 0 Å². The molecule has 0 aliphatic heterocycles. The highest BCUT2D eigenvalue weighted by molar-refractivity contribution is 7.86. The second-order valence-electron chi connectivity index (χ2n) is 16.4. The third-order valence-electron chi connectivity index (χ3n) is 11.5. The monoisotopic (exact) mass is 982 g/mol. The van der Waals surface area contributed by atoms with Gasteiger partial charge >= 0.3 is 0 Å². The summed E-state index contributed by atoms with van der Waals surface area (Å²) < 4.78 is 66.1. The largest absolute Gasteiger partial charge is 0.744 e. The minimum absolute atomic E-state index is 0.0792. The molecule has 8 rings (SSSR count). The number of benzene rings is 8. The van der Waals surface area contributed by atoms with E-state index in [1.54, 1.807) is 0 Å². The average Bonchev–Trinajstić information content (AvgIpc) is 3.40. The van der Waals surface area contributed by atoms with Crippen LogP contribution in [-0.4, -0.2) is 49.4 Å². The summed E-state index contributed by atoms with van der Waals surface area (Å²) in [5.74, 6) is 0. The molecule has 0 heterocycles. The van der Waals surface area contributed by atoms with E-state index < -0.39 is 30.0 Å². The highest BCUT2D eigenvalue weighted by atomic mass is 32.2. The normalized spacial score (nSPS) is 11.3. The molecule has 0 radical (unpaired) electrons. The molecule has 0 saturated carbocycles. The Bertz CT molecular complexity index is 2530. The van der Waals surface area contributed by atoms with Crippen molar-refractivity contribution in [1.29, 1.82) is 0 Å². The van der Waals surface area contributed by atoms with Gasteiger partial charge in [-0.1, -0.05) is 246 Å². The molecule has 0 unspecified atom stereocenters. The van der Waals surface area contributed by atoms with E-state index in [0.717, 1.165) is 37.8 Å². The second-order valence-corrected chi connectivity index (χ2v) is 19.1. The summed E-state index contributed by atoms with van der Waals surface area (Å²) in [4.78, 5) is -1.10. The maximum Gasteiger partial charge on any atom is 0.172 e. The van der Waals surface area contributed by atoms with Crippen LogP contribution in [0.15, 0.2) is 228 Å². The summed E-state index contributed by atoms with van der Waals surface area (Å²) in [6, 6.07) is 69.9. The number of aliphatic hydroxyl groups is 2. The van der Waals surface area contributed by atoms with Crippen molar-refractivity contribution in [3.8, 4) is 0 Å². The van der Waals surface area contributed by atoms with Gasteiger partial charge in [0.1, 0.15) is 20.2 Å². The number of rotatable bonds is 14. The van der Waals surface area contributed by atoms with Gasteiger partial charge in [0.15, 0.2) is 11.1 Å². The van der Waals surface area contributed by atoms with Crippen molar-refractivity contribution in [1.82, 2.24) is 0 Å². The van der Waals surface area contributed by atoms with Crippen molar-refractivity contribution in [3.05, 3.63) is 252 Å². The number of aliphatic hydroxyl groups excluding tert-OH is 2. The Balaban J connectivity index is 0.000000205. The van der Waals surface area contributed by atoms with Crippen molar-refractivity contribution in [2.24, 2.45) is 0 Å². The van der Waals surface area contributed by atoms with E-state index in [0.29, 0.717) is 13.2 Å². The molecule has 0 aliphatic carbocycles. The van der Waals surface area contributed by atoms with Crippen molar-refractivity contribution in [2.45, 2.75) is 73.2 Å². The fraction of sp³-hybridized carbons (Fsp3) is 0.207. The molecule has 0 aromatic heterocycles. The summed E-state index contributed by atoms with van der Waals surface area (Å²) in [5.41, 5.74) is 15.7. The van der Waals surface area contributed by atoms with Gasteiger partial charge in [0, 0.05) is 57.4 Å². The lowest BCUT2D eigenvalue weighted by Crippen LogP contribution is -2.71. The van der Waals surface area contributed by atoms with Crippen molar-refractivity contribution < 1.29 is 47.6 Å². The first kappa shape index (κ1) is 56.3. The first-order chi connectivity index (χ1) is 33.7. The number of quaternary nitrogens is 2. The van der Waals surface area contributed by atoms with Gasteiger partial charge in [0.2, 0.25) is 0 Å². The number of unbranched alkanes of at least 4 members (excludes halogenated alkanes) is 4. The smallest absolute Gasteiger partial charge is 0.172 e. The van der Waals surface area contributed by atoms with Crippen LogP contribution in [0.5, 0.6) is 0 Å². The van der Waals surface area contributed by atoms with Gasteiger partial charge in [-0.05, 0) is 25.0 Å². The van der Waals surface area contributed by atoms with Gasteiger partial charge in [0.05, 0.1) is 9.79 Å². The molecule has 0 bridgehead atoms. The Morgan fingerprint density at radius 2 is 0.571 bits per heavy atom. The van der Waals surface area contributed by atoms with Crippen LogP contribution in [0.3, 0.4) is 0 Å². The molecule has 0 amide bonds. The molecule has 368 valence electrons. The lowest BCUT2D eigenvalue weighted by Gasteiger charge is -2.27. The number of hydrogen-bond donors (Lipinski definition) is 4. The summed E-state index contributed by atoms with van der Waals surface area (Å²) in [7, 11) is -9.48. The van der Waals surface area contributed by atoms with E-state index >= 15 is 0 Å². The van der Waals surface area contributed by atoms with Gasteiger partial charge < -0.3 is 30.8 Å². The average molecular weight is 983 g/mol. The predicted molar refractivity (Wildman–Crippen MR) is 277 cm³/mol. The zero-order valence-corrected chi connectivity index (χ0v) is 41.6. The molecule has 8 aromatic rings. The van der Waals surface area contributed by atoms with E-state index in [4.69, 9.17) is 10.2 Å². The van der Waals surface area contributed by atoms with E-state index in [9.17, 15) is 25.9 Å². The van der Waals surface area contributed by atoms with Gasteiger partial charge in [-0.2, -0.15) is 0 Å². The number of hydrogen-bond acceptors (Lipinski definition) is 8. The van der Waals surface area contributed by atoms with Crippen LogP contribution in [0.1, 0.15) is 85.8 Å². The van der Waals surface area contributed by atoms with Crippen LogP contribution in [0.25, 0.3) is 10.8 Å². The number of fused-ring (bicyclic) bond motifs is 1. The Morgan fingerprint density at radius 3 is 0.729 bits per heavy atom. The summed E-state index contributed by atoms with van der Waals surface area (Å²) in [6.45, 7) is 4.95. The Morgan fingerprint density at radius 1 is 0.357 bits per heavy atom. The van der Waals surface area contributed by atoms with Gasteiger partial charge in [-0.3, -0.25) is 0 Å². The van der Waals surface area contributed by atoms with E-state index in [1.807, 2.05) is 36.4 Å². The summed E-state index contributed by atoms with van der Waals surface area (Å²) in [6.07, 6.45) is 6.65. The molecule has 10 nitrogen and oxygen atoms in total. The first-order valence-electron chi connectivity index (χ1n) is 23.4. The standard InChI is InChI=1S/2C19H17N.C10H8O6S2.2C5H12O/c2*20-19(16-10-4-1-5-11-16,17-12-6-2-7-13-17)18-14-8-3-9-15-18;11-17(12,13)9-5-1-3-7-8(9)4-2-6-10(7)18(14,15)16;2*1-2-3-4-5-6/h2*1-15H,20H2;1-6H,(H,11,12,13)(H,14,15,16);2*6H,2-5H2,1H3. The molecule has 0 saturated heterocycles. The molecule has 0 aliphatic rings. The Kier molecular flexibility index (Phi) is 22.8. The topological polar surface area (TPSA) is 210 Å². The van der Waals surface area contributed by atoms with Crippen LogP contribution in [-0.2, 0) is 31.3 Å². The van der Waals surface area contributed by atoms with E-state index in [-0.39, 0.29) is 21.9 Å². The molecule has 8 N–H and O–H groups in total. The van der Waals surface area contributed by atoms with Crippen LogP contribution in [0, 0.1) is 0 Å². The molecule has 0 fully saturated rings. The lowest BCUT2D eigenvalue weighted by molar-refractivity contribution is -0.455. The minimum atomic E-state index is -4.74. The quantitative estimate of drug-likeness (QED) is 0.0467. The fourth-order valence-corrected chi connectivity index (χ4v) is 9.13. The zero-order valence-electron chi connectivity index (χ0n) is 40.0. The summed E-state index contributed by atoms with van der Waals surface area (Å²) >= 11 is 0. The lowest BCUT2D eigenvalue weighted by atomic mass is 9.78. The SMILES string of the molecule is CCCCCO.CCCCCO.O=S(=O)([O-])c1cccc2c(S(=O)(=O)[O-])cccc12.[NH3+]C(c1ccccc1)(c1ccccc1)c1ccccc1.[NH3+]C(c1ccccc1)(c1ccccc1)c1ccccc1. The highest BCUT2D eigenvalue weighted by Gasteiger charge is 2.37. The molecule has 70 heavy (non-hydrogen) atoms. The first-order valence-corrected chi connectivity index (χ1v) is 26.2. The van der Waals surface area contributed by atoms with Gasteiger partial charge in [-0.15, -0.1) is 0 Å². The zero-order chi connectivity index (χ0) is 50.9. The van der Waals surface area contributed by atoms with Crippen molar-refractivity contribution in [3.63, 3.8) is 0 Å². The molecular formula is C58H66N2O8S2. The Hall–Kier alpha value is -6.32. The van der Waals surface area contributed by atoms with Crippen LogP contribution in [0.4, 0.5) is 0 Å². The maximum absolute atomic E-state index is 11.0. The fourth-order valence-electron chi connectivity index (χ4n) is 7.75.